The fourth-order valence-electron chi connectivity index (χ4n) is 2.19. The maximum Gasteiger partial charge on any atom is 0.105 e. The first-order chi connectivity index (χ1) is 9.17. The summed E-state index contributed by atoms with van der Waals surface area (Å²) in [4.78, 5) is 12.3. The van der Waals surface area contributed by atoms with Gasteiger partial charge in [0.15, 0.2) is 0 Å². The van der Waals surface area contributed by atoms with Gasteiger partial charge in [0, 0.05) is 17.4 Å². The van der Waals surface area contributed by atoms with Crippen LogP contribution in [0.1, 0.15) is 17.0 Å². The zero-order valence-electron chi connectivity index (χ0n) is 11.1. The van der Waals surface area contributed by atoms with Crippen LogP contribution in [0, 0.1) is 13.8 Å². The van der Waals surface area contributed by atoms with Gasteiger partial charge in [0.1, 0.15) is 5.69 Å². The largest absolute Gasteiger partial charge is 0.353 e. The standard InChI is InChI=1S/C15H16N4/c1-9-3-4-11-6-13(18-12(11)5-9)15-8-17-10(2)14(7-16)19-15/h3-6,8,18H,7,16H2,1-2H3. The van der Waals surface area contributed by atoms with Crippen LogP contribution in [-0.2, 0) is 6.54 Å². The minimum atomic E-state index is 0.409. The number of nitrogens with one attached hydrogen (secondary N) is 1. The number of hydrogen-bond acceptors (Lipinski definition) is 3. The van der Waals surface area contributed by atoms with Gasteiger partial charge in [-0.3, -0.25) is 4.98 Å². The molecule has 0 saturated heterocycles. The highest BCUT2D eigenvalue weighted by molar-refractivity contribution is 5.85. The van der Waals surface area contributed by atoms with Crippen molar-refractivity contribution in [3.63, 3.8) is 0 Å². The van der Waals surface area contributed by atoms with Gasteiger partial charge in [-0.2, -0.15) is 0 Å². The molecule has 2 heterocycles. The maximum absolute atomic E-state index is 5.68. The van der Waals surface area contributed by atoms with Crippen molar-refractivity contribution in [2.75, 3.05) is 0 Å². The summed E-state index contributed by atoms with van der Waals surface area (Å²) in [6.45, 7) is 4.41. The van der Waals surface area contributed by atoms with Crippen LogP contribution in [0.15, 0.2) is 30.5 Å². The quantitative estimate of drug-likeness (QED) is 0.736. The van der Waals surface area contributed by atoms with Crippen LogP contribution in [0.4, 0.5) is 0 Å². The lowest BCUT2D eigenvalue weighted by atomic mass is 10.2. The van der Waals surface area contributed by atoms with E-state index in [9.17, 15) is 0 Å². The van der Waals surface area contributed by atoms with E-state index in [-0.39, 0.29) is 0 Å². The summed E-state index contributed by atoms with van der Waals surface area (Å²) < 4.78 is 0. The van der Waals surface area contributed by atoms with E-state index >= 15 is 0 Å². The minimum Gasteiger partial charge on any atom is -0.353 e. The first-order valence-electron chi connectivity index (χ1n) is 6.29. The lowest BCUT2D eigenvalue weighted by Gasteiger charge is -2.03. The number of rotatable bonds is 2. The molecule has 0 aliphatic carbocycles. The Bertz CT molecular complexity index is 743. The van der Waals surface area contributed by atoms with Gasteiger partial charge in [0.2, 0.25) is 0 Å². The Morgan fingerprint density at radius 3 is 2.84 bits per heavy atom. The summed E-state index contributed by atoms with van der Waals surface area (Å²) in [6, 6.07) is 8.43. The molecule has 3 rings (SSSR count). The molecule has 0 amide bonds. The van der Waals surface area contributed by atoms with Crippen molar-refractivity contribution in [3.05, 3.63) is 47.4 Å². The second-order valence-corrected chi connectivity index (χ2v) is 4.77. The van der Waals surface area contributed by atoms with Crippen molar-refractivity contribution in [3.8, 4) is 11.4 Å². The van der Waals surface area contributed by atoms with Crippen LogP contribution >= 0.6 is 0 Å². The molecular weight excluding hydrogens is 236 g/mol. The van der Waals surface area contributed by atoms with E-state index in [0.717, 1.165) is 28.3 Å². The van der Waals surface area contributed by atoms with Gasteiger partial charge in [-0.15, -0.1) is 0 Å². The number of nitrogens with zero attached hydrogens (tertiary/aromatic N) is 2. The molecule has 0 fully saturated rings. The molecule has 1 aromatic carbocycles. The molecule has 0 spiro atoms. The first kappa shape index (κ1) is 11.9. The number of aromatic amines is 1. The Hall–Kier alpha value is -2.20. The number of H-pyrrole nitrogens is 1. The highest BCUT2D eigenvalue weighted by Crippen LogP contribution is 2.23. The molecule has 4 nitrogen and oxygen atoms in total. The van der Waals surface area contributed by atoms with E-state index in [2.05, 4.69) is 46.1 Å². The van der Waals surface area contributed by atoms with E-state index in [1.807, 2.05) is 6.92 Å². The Labute approximate surface area is 111 Å². The second-order valence-electron chi connectivity index (χ2n) is 4.77. The molecule has 2 aromatic heterocycles. The molecule has 96 valence electrons. The number of hydrogen-bond donors (Lipinski definition) is 2. The molecule has 3 aromatic rings. The molecule has 0 bridgehead atoms. The molecule has 3 N–H and O–H groups in total. The monoisotopic (exact) mass is 252 g/mol. The average Bonchev–Trinajstić information content (AvgIpc) is 2.82. The predicted octanol–water partition coefficient (Wildman–Crippen LogP) is 2.70. The van der Waals surface area contributed by atoms with Crippen LogP contribution in [0.3, 0.4) is 0 Å². The number of benzene rings is 1. The molecule has 0 aliphatic rings. The Morgan fingerprint density at radius 1 is 1.21 bits per heavy atom. The molecule has 0 aliphatic heterocycles. The van der Waals surface area contributed by atoms with Crippen molar-refractivity contribution in [2.24, 2.45) is 5.73 Å². The SMILES string of the molecule is Cc1ccc2cc(-c3cnc(C)c(CN)n3)[nH]c2c1. The van der Waals surface area contributed by atoms with E-state index in [0.29, 0.717) is 6.54 Å². The van der Waals surface area contributed by atoms with Crippen molar-refractivity contribution in [1.82, 2.24) is 15.0 Å². The number of fused-ring (bicyclic) bond motifs is 1. The molecule has 19 heavy (non-hydrogen) atoms. The molecule has 4 heteroatoms. The predicted molar refractivity (Wildman–Crippen MR) is 76.7 cm³/mol. The van der Waals surface area contributed by atoms with Gasteiger partial charge in [-0.05, 0) is 31.5 Å². The van der Waals surface area contributed by atoms with Gasteiger partial charge < -0.3 is 10.7 Å². The fourth-order valence-corrected chi connectivity index (χ4v) is 2.19. The van der Waals surface area contributed by atoms with E-state index in [4.69, 9.17) is 5.73 Å². The highest BCUT2D eigenvalue weighted by atomic mass is 14.9. The van der Waals surface area contributed by atoms with E-state index in [1.165, 1.54) is 10.9 Å². The van der Waals surface area contributed by atoms with E-state index in [1.54, 1.807) is 6.20 Å². The molecular formula is C15H16N4. The number of nitrogens with two attached hydrogens (primary N) is 1. The van der Waals surface area contributed by atoms with Crippen LogP contribution in [0.2, 0.25) is 0 Å². The average molecular weight is 252 g/mol. The number of aromatic nitrogens is 3. The number of aryl methyl sites for hydroxylation is 2. The second kappa shape index (κ2) is 4.48. The lowest BCUT2D eigenvalue weighted by Crippen LogP contribution is -2.05. The third-order valence-electron chi connectivity index (χ3n) is 3.30. The summed E-state index contributed by atoms with van der Waals surface area (Å²) in [6.07, 6.45) is 1.78. The summed E-state index contributed by atoms with van der Waals surface area (Å²) in [5, 5.41) is 1.18. The van der Waals surface area contributed by atoms with Crippen LogP contribution < -0.4 is 5.73 Å². The molecule has 0 radical (unpaired) electrons. The Kier molecular flexibility index (Phi) is 2.80. The topological polar surface area (TPSA) is 67.6 Å². The minimum absolute atomic E-state index is 0.409. The highest BCUT2D eigenvalue weighted by Gasteiger charge is 2.07. The third-order valence-corrected chi connectivity index (χ3v) is 3.30. The van der Waals surface area contributed by atoms with Gasteiger partial charge in [0.25, 0.3) is 0 Å². The van der Waals surface area contributed by atoms with Gasteiger partial charge in [-0.25, -0.2) is 4.98 Å². The fraction of sp³-hybridized carbons (Fsp3) is 0.200. The zero-order chi connectivity index (χ0) is 13.4. The first-order valence-corrected chi connectivity index (χ1v) is 6.29. The summed E-state index contributed by atoms with van der Waals surface area (Å²) in [5.74, 6) is 0. The molecule has 0 unspecified atom stereocenters. The Balaban J connectivity index is 2.13. The smallest absolute Gasteiger partial charge is 0.105 e. The summed E-state index contributed by atoms with van der Waals surface area (Å²) in [5.41, 5.74) is 11.6. The third kappa shape index (κ3) is 2.11. The zero-order valence-corrected chi connectivity index (χ0v) is 11.1. The Morgan fingerprint density at radius 2 is 2.05 bits per heavy atom. The van der Waals surface area contributed by atoms with Gasteiger partial charge >= 0.3 is 0 Å². The van der Waals surface area contributed by atoms with Crippen molar-refractivity contribution >= 4 is 10.9 Å². The van der Waals surface area contributed by atoms with Crippen LogP contribution in [-0.4, -0.2) is 15.0 Å². The van der Waals surface area contributed by atoms with Crippen LogP contribution in [0.5, 0.6) is 0 Å². The summed E-state index contributed by atoms with van der Waals surface area (Å²) >= 11 is 0. The van der Waals surface area contributed by atoms with Crippen molar-refractivity contribution in [2.45, 2.75) is 20.4 Å². The maximum atomic E-state index is 5.68. The van der Waals surface area contributed by atoms with E-state index < -0.39 is 0 Å². The van der Waals surface area contributed by atoms with Gasteiger partial charge in [-0.1, -0.05) is 12.1 Å². The van der Waals surface area contributed by atoms with Crippen molar-refractivity contribution < 1.29 is 0 Å². The normalized spacial score (nSPS) is 11.1. The molecule has 0 saturated carbocycles. The van der Waals surface area contributed by atoms with Gasteiger partial charge in [0.05, 0.1) is 23.3 Å². The van der Waals surface area contributed by atoms with Crippen LogP contribution in [0.25, 0.3) is 22.3 Å². The molecule has 0 atom stereocenters. The summed E-state index contributed by atoms with van der Waals surface area (Å²) in [7, 11) is 0. The lowest BCUT2D eigenvalue weighted by molar-refractivity contribution is 0.931. The van der Waals surface area contributed by atoms with Crippen molar-refractivity contribution in [1.29, 1.82) is 0 Å².